The quantitative estimate of drug-likeness (QED) is 0.603. The van der Waals surface area contributed by atoms with Crippen molar-refractivity contribution in [2.75, 3.05) is 26.4 Å². The van der Waals surface area contributed by atoms with Crippen molar-refractivity contribution in [3.8, 4) is 0 Å². The highest BCUT2D eigenvalue weighted by atomic mass is 16.1. The van der Waals surface area contributed by atoms with E-state index in [-0.39, 0.29) is 5.54 Å². The number of carbonyl (C=O) groups excluding carboxylic acids is 2. The van der Waals surface area contributed by atoms with Gasteiger partial charge in [0.15, 0.2) is 0 Å². The molecule has 1 rings (SSSR count). The van der Waals surface area contributed by atoms with E-state index in [0.717, 1.165) is 12.8 Å². The fourth-order valence-corrected chi connectivity index (χ4v) is 1.48. The smallest absolute Gasteiger partial charge is 0.210 e. The molecule has 0 aromatic carbocycles. The molecule has 1 aliphatic heterocycles. The largest absolute Gasteiger partial charge is 0.330 e. The molecule has 0 atom stereocenters. The monoisotopic (exact) mass is 213 g/mol. The van der Waals surface area contributed by atoms with Crippen molar-refractivity contribution in [1.29, 1.82) is 0 Å². The fraction of sp³-hybridized carbons (Fsp3) is 0.800. The van der Waals surface area contributed by atoms with E-state index in [4.69, 9.17) is 0 Å². The zero-order valence-corrected chi connectivity index (χ0v) is 9.64. The molecule has 0 aromatic rings. The molecule has 0 N–H and O–H groups in total. The maximum atomic E-state index is 10.8. The predicted molar refractivity (Wildman–Crippen MR) is 56.9 cm³/mol. The van der Waals surface area contributed by atoms with E-state index in [0.29, 0.717) is 26.4 Å². The van der Waals surface area contributed by atoms with Crippen LogP contribution in [0, 0.1) is 0 Å². The van der Waals surface area contributed by atoms with Crippen molar-refractivity contribution < 1.29 is 9.59 Å². The molecule has 5 heteroatoms. The third-order valence-electron chi connectivity index (χ3n) is 2.63. The number of nitrogens with zero attached hydrogens (tertiary/aromatic N) is 3. The van der Waals surface area contributed by atoms with Gasteiger partial charge in [-0.15, -0.1) is 0 Å². The predicted octanol–water partition coefficient (Wildman–Crippen LogP) is -0.0677. The van der Waals surface area contributed by atoms with Gasteiger partial charge in [-0.1, -0.05) is 0 Å². The first-order valence-corrected chi connectivity index (χ1v) is 5.11. The van der Waals surface area contributed by atoms with Gasteiger partial charge >= 0.3 is 0 Å². The molecule has 0 aromatic heterocycles. The second kappa shape index (κ2) is 4.61. The zero-order valence-electron chi connectivity index (χ0n) is 9.64. The third kappa shape index (κ3) is 3.20. The van der Waals surface area contributed by atoms with Crippen LogP contribution in [-0.4, -0.2) is 59.5 Å². The Balaban J connectivity index is 2.75. The first-order chi connectivity index (χ1) is 6.97. The molecule has 1 saturated heterocycles. The topological polar surface area (TPSA) is 43.9 Å². The Kier molecular flexibility index (Phi) is 3.68. The Labute approximate surface area is 90.6 Å². The maximum absolute atomic E-state index is 10.8. The van der Waals surface area contributed by atoms with Crippen LogP contribution in [0.2, 0.25) is 0 Å². The minimum atomic E-state index is -0.0488. The average molecular weight is 213 g/mol. The average Bonchev–Trinajstić information content (AvgIpc) is 2.38. The molecule has 1 heterocycles. The number of hydrogen-bond donors (Lipinski definition) is 0. The van der Waals surface area contributed by atoms with Gasteiger partial charge in [-0.05, 0) is 20.8 Å². The molecule has 1 aliphatic rings. The van der Waals surface area contributed by atoms with E-state index in [1.54, 1.807) is 9.80 Å². The lowest BCUT2D eigenvalue weighted by Crippen LogP contribution is -2.49. The molecule has 0 aliphatic carbocycles. The molecule has 15 heavy (non-hydrogen) atoms. The third-order valence-corrected chi connectivity index (χ3v) is 2.63. The zero-order chi connectivity index (χ0) is 11.5. The van der Waals surface area contributed by atoms with Gasteiger partial charge in [0.2, 0.25) is 12.8 Å². The molecule has 2 amide bonds. The van der Waals surface area contributed by atoms with Crippen molar-refractivity contribution in [2.24, 2.45) is 0 Å². The molecule has 5 nitrogen and oxygen atoms in total. The molecule has 0 bridgehead atoms. The normalized spacial score (nSPS) is 19.9. The summed E-state index contributed by atoms with van der Waals surface area (Å²) in [6, 6.07) is 0. The molecule has 0 radical (unpaired) electrons. The molecule has 86 valence electrons. The Bertz CT molecular complexity index is 219. The summed E-state index contributed by atoms with van der Waals surface area (Å²) in [6.07, 6.45) is 1.68. The van der Waals surface area contributed by atoms with Gasteiger partial charge in [0.25, 0.3) is 0 Å². The Morgan fingerprint density at radius 1 is 0.933 bits per heavy atom. The number of hydrogen-bond acceptors (Lipinski definition) is 3. The van der Waals surface area contributed by atoms with Gasteiger partial charge in [-0.2, -0.15) is 0 Å². The first kappa shape index (κ1) is 12.0. The highest BCUT2D eigenvalue weighted by Gasteiger charge is 2.27. The van der Waals surface area contributed by atoms with Gasteiger partial charge in [0.1, 0.15) is 0 Å². The van der Waals surface area contributed by atoms with E-state index in [2.05, 4.69) is 25.7 Å². The highest BCUT2D eigenvalue weighted by Crippen LogP contribution is 2.15. The minimum absolute atomic E-state index is 0.0488. The van der Waals surface area contributed by atoms with Crippen LogP contribution in [0.5, 0.6) is 0 Å². The number of amides is 2. The lowest BCUT2D eigenvalue weighted by Gasteiger charge is -2.37. The van der Waals surface area contributed by atoms with E-state index >= 15 is 0 Å². The van der Waals surface area contributed by atoms with Crippen LogP contribution in [0.4, 0.5) is 0 Å². The Morgan fingerprint density at radius 3 is 1.60 bits per heavy atom. The van der Waals surface area contributed by atoms with Crippen LogP contribution in [-0.2, 0) is 9.59 Å². The summed E-state index contributed by atoms with van der Waals surface area (Å²) < 4.78 is 0. The summed E-state index contributed by atoms with van der Waals surface area (Å²) in [7, 11) is 0. The summed E-state index contributed by atoms with van der Waals surface area (Å²) in [6.45, 7) is 8.59. The van der Waals surface area contributed by atoms with Crippen LogP contribution < -0.4 is 0 Å². The summed E-state index contributed by atoms with van der Waals surface area (Å²) >= 11 is 0. The van der Waals surface area contributed by atoms with Gasteiger partial charge in [0.05, 0.1) is 13.3 Å². The van der Waals surface area contributed by atoms with Crippen LogP contribution in [0.15, 0.2) is 0 Å². The molecule has 1 fully saturated rings. The number of rotatable bonds is 2. The first-order valence-electron chi connectivity index (χ1n) is 5.11. The van der Waals surface area contributed by atoms with E-state index < -0.39 is 0 Å². The molecule has 0 saturated carbocycles. The Hall–Kier alpha value is -1.10. The molecule has 0 unspecified atom stereocenters. The van der Waals surface area contributed by atoms with Crippen molar-refractivity contribution >= 4 is 12.8 Å². The van der Waals surface area contributed by atoms with E-state index in [9.17, 15) is 9.59 Å². The number of carbonyl (C=O) groups is 2. The van der Waals surface area contributed by atoms with E-state index in [1.807, 2.05) is 0 Å². The maximum Gasteiger partial charge on any atom is 0.210 e. The minimum Gasteiger partial charge on any atom is -0.330 e. The van der Waals surface area contributed by atoms with Gasteiger partial charge in [0, 0.05) is 18.6 Å². The molecular formula is C10H19N3O2. The van der Waals surface area contributed by atoms with Crippen LogP contribution in [0.1, 0.15) is 20.8 Å². The summed E-state index contributed by atoms with van der Waals surface area (Å²) in [5, 5.41) is 0. The van der Waals surface area contributed by atoms with Gasteiger partial charge in [-0.25, -0.2) is 0 Å². The molecular weight excluding hydrogens is 194 g/mol. The SMILES string of the molecule is CC(C)(C)N1CN(C=O)CCN(C=O)C1. The van der Waals surface area contributed by atoms with Gasteiger partial charge < -0.3 is 9.80 Å². The van der Waals surface area contributed by atoms with Crippen molar-refractivity contribution in [3.05, 3.63) is 0 Å². The second-order valence-electron chi connectivity index (χ2n) is 4.83. The summed E-state index contributed by atoms with van der Waals surface area (Å²) in [4.78, 5) is 27.0. The van der Waals surface area contributed by atoms with Crippen molar-refractivity contribution in [3.63, 3.8) is 0 Å². The van der Waals surface area contributed by atoms with E-state index in [1.165, 1.54) is 0 Å². The van der Waals surface area contributed by atoms with Crippen molar-refractivity contribution in [2.45, 2.75) is 26.3 Å². The highest BCUT2D eigenvalue weighted by molar-refractivity contribution is 5.49. The summed E-state index contributed by atoms with van der Waals surface area (Å²) in [5.41, 5.74) is -0.0488. The lowest BCUT2D eigenvalue weighted by atomic mass is 10.1. The fourth-order valence-electron chi connectivity index (χ4n) is 1.48. The Morgan fingerprint density at radius 2 is 1.33 bits per heavy atom. The van der Waals surface area contributed by atoms with Crippen LogP contribution in [0.25, 0.3) is 0 Å². The van der Waals surface area contributed by atoms with Gasteiger partial charge in [-0.3, -0.25) is 14.5 Å². The van der Waals surface area contributed by atoms with Crippen LogP contribution >= 0.6 is 0 Å². The lowest BCUT2D eigenvalue weighted by molar-refractivity contribution is -0.120. The van der Waals surface area contributed by atoms with Crippen LogP contribution in [0.3, 0.4) is 0 Å². The molecule has 0 spiro atoms. The second-order valence-corrected chi connectivity index (χ2v) is 4.83. The van der Waals surface area contributed by atoms with Crippen molar-refractivity contribution in [1.82, 2.24) is 14.7 Å². The summed E-state index contributed by atoms with van der Waals surface area (Å²) in [5.74, 6) is 0. The standard InChI is InChI=1S/C10H19N3O2/c1-10(2,3)13-6-11(8-14)4-5-12(7-13)9-15/h8-9H,4-7H2,1-3H3.